The van der Waals surface area contributed by atoms with Gasteiger partial charge < -0.3 is 16.0 Å². The molecule has 0 aromatic carbocycles. The third-order valence-corrected chi connectivity index (χ3v) is 3.33. The molecule has 0 rings (SSSR count). The molecule has 5 nitrogen and oxygen atoms in total. The number of hydrogen-bond donors (Lipinski definition) is 2. The minimum absolute atomic E-state index is 0.223. The van der Waals surface area contributed by atoms with Crippen molar-refractivity contribution in [3.63, 3.8) is 0 Å². The molecule has 0 aliphatic heterocycles. The molecule has 3 N–H and O–H groups in total. The van der Waals surface area contributed by atoms with Gasteiger partial charge in [-0.25, -0.2) is 0 Å². The lowest BCUT2D eigenvalue weighted by molar-refractivity contribution is -0.125. The number of carbonyl (C=O) groups is 1. The molecule has 0 heterocycles. The molecule has 0 radical (unpaired) electrons. The normalized spacial score (nSPS) is 16.9. The van der Waals surface area contributed by atoms with Crippen LogP contribution in [0.1, 0.15) is 34.6 Å². The Morgan fingerprint density at radius 3 is 2.16 bits per heavy atom. The highest BCUT2D eigenvalue weighted by atomic mass is 16.1. The van der Waals surface area contributed by atoms with Gasteiger partial charge in [0.25, 0.3) is 0 Å². The number of rotatable bonds is 9. The Bertz CT molecular complexity index is 281. The molecular formula is C14H32N4O. The summed E-state index contributed by atoms with van der Waals surface area (Å²) in [5, 5.41) is 3.30. The molecule has 0 aliphatic rings. The van der Waals surface area contributed by atoms with Crippen LogP contribution in [0.5, 0.6) is 0 Å². The van der Waals surface area contributed by atoms with Crippen LogP contribution in [0.4, 0.5) is 0 Å². The van der Waals surface area contributed by atoms with Crippen molar-refractivity contribution in [3.8, 4) is 0 Å². The number of nitrogens with two attached hydrogens (primary N) is 1. The Labute approximate surface area is 118 Å². The maximum Gasteiger partial charge on any atom is 0.238 e. The fourth-order valence-corrected chi connectivity index (χ4v) is 2.46. The Morgan fingerprint density at radius 1 is 1.32 bits per heavy atom. The van der Waals surface area contributed by atoms with E-state index in [4.69, 9.17) is 5.73 Å². The minimum atomic E-state index is -0.690. The van der Waals surface area contributed by atoms with E-state index in [1.54, 1.807) is 0 Å². The van der Waals surface area contributed by atoms with Gasteiger partial charge >= 0.3 is 0 Å². The summed E-state index contributed by atoms with van der Waals surface area (Å²) in [5.41, 5.74) is 4.90. The fourth-order valence-electron chi connectivity index (χ4n) is 2.46. The minimum Gasteiger partial charge on any atom is -0.368 e. The van der Waals surface area contributed by atoms with Crippen LogP contribution in [0.3, 0.4) is 0 Å². The van der Waals surface area contributed by atoms with Crippen LogP contribution in [-0.2, 0) is 4.79 Å². The van der Waals surface area contributed by atoms with E-state index >= 15 is 0 Å². The maximum atomic E-state index is 11.8. The topological polar surface area (TPSA) is 61.6 Å². The van der Waals surface area contributed by atoms with Crippen molar-refractivity contribution in [2.45, 2.75) is 52.2 Å². The van der Waals surface area contributed by atoms with E-state index in [0.717, 1.165) is 13.1 Å². The summed E-state index contributed by atoms with van der Waals surface area (Å²) < 4.78 is 0. The van der Waals surface area contributed by atoms with Crippen molar-refractivity contribution < 1.29 is 4.79 Å². The lowest BCUT2D eigenvalue weighted by Gasteiger charge is -2.38. The summed E-state index contributed by atoms with van der Waals surface area (Å²) in [6.45, 7) is 12.7. The second-order valence-corrected chi connectivity index (χ2v) is 6.17. The van der Waals surface area contributed by atoms with Gasteiger partial charge in [-0.3, -0.25) is 9.69 Å². The number of nitrogens with zero attached hydrogens (tertiary/aromatic N) is 2. The van der Waals surface area contributed by atoms with Crippen LogP contribution in [0.15, 0.2) is 0 Å². The number of carbonyl (C=O) groups excluding carboxylic acids is 1. The number of hydrogen-bond acceptors (Lipinski definition) is 4. The van der Waals surface area contributed by atoms with Crippen molar-refractivity contribution >= 4 is 5.91 Å². The molecular weight excluding hydrogens is 240 g/mol. The van der Waals surface area contributed by atoms with Gasteiger partial charge in [-0.05, 0) is 48.3 Å². The predicted octanol–water partition coefficient (Wildman–Crippen LogP) is 0.500. The second kappa shape index (κ2) is 7.82. The van der Waals surface area contributed by atoms with Crippen LogP contribution in [-0.4, -0.2) is 67.1 Å². The number of likely N-dealkylation sites (N-methyl/N-ethyl adjacent to an activating group) is 2. The Morgan fingerprint density at radius 2 is 1.84 bits per heavy atom. The highest BCUT2D eigenvalue weighted by Gasteiger charge is 2.34. The van der Waals surface area contributed by atoms with E-state index in [1.807, 2.05) is 20.8 Å². The van der Waals surface area contributed by atoms with E-state index in [2.05, 4.69) is 43.1 Å². The molecule has 0 aromatic rings. The first kappa shape index (κ1) is 18.4. The molecule has 0 aliphatic carbocycles. The molecule has 0 bridgehead atoms. The molecule has 0 saturated heterocycles. The standard InChI is InChI=1S/C14H32N4O/c1-8-18(12(4)9-17(6)7)10-14(5,13(15)19)16-11(2)3/h11-12,16H,8-10H2,1-7H3,(H2,15,19). The highest BCUT2D eigenvalue weighted by molar-refractivity contribution is 5.84. The second-order valence-electron chi connectivity index (χ2n) is 6.17. The summed E-state index contributed by atoms with van der Waals surface area (Å²) in [6, 6.07) is 0.605. The Kier molecular flexibility index (Phi) is 7.55. The van der Waals surface area contributed by atoms with Gasteiger partial charge in [0.05, 0.1) is 0 Å². The van der Waals surface area contributed by atoms with Gasteiger partial charge in [0, 0.05) is 25.2 Å². The van der Waals surface area contributed by atoms with Crippen molar-refractivity contribution in [3.05, 3.63) is 0 Å². The van der Waals surface area contributed by atoms with Gasteiger partial charge in [-0.1, -0.05) is 6.92 Å². The third-order valence-electron chi connectivity index (χ3n) is 3.33. The van der Waals surface area contributed by atoms with Crippen molar-refractivity contribution in [1.29, 1.82) is 0 Å². The third kappa shape index (κ3) is 6.36. The molecule has 5 heteroatoms. The first-order valence-electron chi connectivity index (χ1n) is 7.08. The molecule has 0 fully saturated rings. The molecule has 0 saturated carbocycles. The first-order valence-corrected chi connectivity index (χ1v) is 7.08. The zero-order valence-electron chi connectivity index (χ0n) is 13.7. The van der Waals surface area contributed by atoms with Crippen LogP contribution in [0.2, 0.25) is 0 Å². The van der Waals surface area contributed by atoms with E-state index in [1.165, 1.54) is 0 Å². The van der Waals surface area contributed by atoms with E-state index < -0.39 is 5.54 Å². The monoisotopic (exact) mass is 272 g/mol. The maximum absolute atomic E-state index is 11.8. The summed E-state index contributed by atoms with van der Waals surface area (Å²) in [7, 11) is 4.12. The molecule has 2 atom stereocenters. The molecule has 0 spiro atoms. The van der Waals surface area contributed by atoms with Gasteiger partial charge in [-0.15, -0.1) is 0 Å². The summed E-state index contributed by atoms with van der Waals surface area (Å²) >= 11 is 0. The van der Waals surface area contributed by atoms with E-state index in [-0.39, 0.29) is 11.9 Å². The van der Waals surface area contributed by atoms with Gasteiger partial charge in [0.15, 0.2) is 0 Å². The van der Waals surface area contributed by atoms with Gasteiger partial charge in [-0.2, -0.15) is 0 Å². The quantitative estimate of drug-likeness (QED) is 0.642. The van der Waals surface area contributed by atoms with Crippen LogP contribution in [0.25, 0.3) is 0 Å². The average Bonchev–Trinajstić information content (AvgIpc) is 2.23. The van der Waals surface area contributed by atoms with Gasteiger partial charge in [0.1, 0.15) is 5.54 Å². The lowest BCUT2D eigenvalue weighted by atomic mass is 9.98. The van der Waals surface area contributed by atoms with Crippen LogP contribution >= 0.6 is 0 Å². The number of nitrogens with one attached hydrogen (secondary N) is 1. The Balaban J connectivity index is 4.83. The van der Waals surface area contributed by atoms with Gasteiger partial charge in [0.2, 0.25) is 5.91 Å². The fraction of sp³-hybridized carbons (Fsp3) is 0.929. The molecule has 2 unspecified atom stereocenters. The lowest BCUT2D eigenvalue weighted by Crippen LogP contribution is -2.62. The van der Waals surface area contributed by atoms with Crippen molar-refractivity contribution in [1.82, 2.24) is 15.1 Å². The first-order chi connectivity index (χ1) is 8.62. The van der Waals surface area contributed by atoms with Crippen molar-refractivity contribution in [2.75, 3.05) is 33.7 Å². The van der Waals surface area contributed by atoms with E-state index in [0.29, 0.717) is 12.6 Å². The summed E-state index contributed by atoms with van der Waals surface area (Å²) in [5.74, 6) is -0.295. The Hall–Kier alpha value is -0.650. The van der Waals surface area contributed by atoms with E-state index in [9.17, 15) is 4.79 Å². The van der Waals surface area contributed by atoms with Crippen LogP contribution in [0, 0.1) is 0 Å². The average molecular weight is 272 g/mol. The molecule has 0 aromatic heterocycles. The number of primary amides is 1. The SMILES string of the molecule is CCN(CC(C)(NC(C)C)C(N)=O)C(C)CN(C)C. The zero-order valence-corrected chi connectivity index (χ0v) is 13.7. The highest BCUT2D eigenvalue weighted by Crippen LogP contribution is 2.11. The summed E-state index contributed by atoms with van der Waals surface area (Å²) in [4.78, 5) is 16.2. The molecule has 1 amide bonds. The molecule has 19 heavy (non-hydrogen) atoms. The largest absolute Gasteiger partial charge is 0.368 e. The molecule has 114 valence electrons. The summed E-state index contributed by atoms with van der Waals surface area (Å²) in [6.07, 6.45) is 0. The predicted molar refractivity (Wildman–Crippen MR) is 81.1 cm³/mol. The number of amides is 1. The zero-order chi connectivity index (χ0) is 15.2. The van der Waals surface area contributed by atoms with Crippen molar-refractivity contribution in [2.24, 2.45) is 5.73 Å². The van der Waals surface area contributed by atoms with Crippen LogP contribution < -0.4 is 11.1 Å². The smallest absolute Gasteiger partial charge is 0.238 e.